The zero-order valence-electron chi connectivity index (χ0n) is 13.7. The molecule has 2 aliphatic rings. The molecule has 2 fully saturated rings. The van der Waals surface area contributed by atoms with Crippen LogP contribution in [0.25, 0.3) is 0 Å². The smallest absolute Gasteiger partial charge is 0.248 e. The van der Waals surface area contributed by atoms with Gasteiger partial charge in [0, 0.05) is 31.5 Å². The van der Waals surface area contributed by atoms with E-state index in [4.69, 9.17) is 4.74 Å². The Morgan fingerprint density at radius 3 is 2.75 bits per heavy atom. The van der Waals surface area contributed by atoms with Crippen molar-refractivity contribution in [3.05, 3.63) is 30.4 Å². The summed E-state index contributed by atoms with van der Waals surface area (Å²) in [6.45, 7) is 1.36. The fraction of sp³-hybridized carbons (Fsp3) is 0.588. The lowest BCUT2D eigenvalue weighted by atomic mass is 9.85. The van der Waals surface area contributed by atoms with Crippen LogP contribution < -0.4 is 5.32 Å². The van der Waals surface area contributed by atoms with Crippen LogP contribution in [0.4, 0.5) is 5.95 Å². The minimum absolute atomic E-state index is 0.0511. The van der Waals surface area contributed by atoms with E-state index in [1.165, 1.54) is 6.42 Å². The summed E-state index contributed by atoms with van der Waals surface area (Å²) in [5, 5.41) is 9.94. The largest absolute Gasteiger partial charge is 0.381 e. The van der Waals surface area contributed by atoms with Gasteiger partial charge in [0.05, 0.1) is 12.0 Å². The van der Waals surface area contributed by atoms with E-state index in [0.717, 1.165) is 31.5 Å². The number of ether oxygens (including phenoxy) is 1. The number of carbonyl (C=O) groups excluding carboxylic acids is 1. The Morgan fingerprint density at radius 2 is 2.08 bits per heavy atom. The summed E-state index contributed by atoms with van der Waals surface area (Å²) in [5.74, 6) is 1.70. The minimum Gasteiger partial charge on any atom is -0.381 e. The average Bonchev–Trinajstić information content (AvgIpc) is 3.18. The maximum atomic E-state index is 12.6. The van der Waals surface area contributed by atoms with Gasteiger partial charge < -0.3 is 9.30 Å². The van der Waals surface area contributed by atoms with Gasteiger partial charge in [-0.2, -0.15) is 4.98 Å². The van der Waals surface area contributed by atoms with Crippen molar-refractivity contribution in [2.24, 2.45) is 0 Å². The van der Waals surface area contributed by atoms with Gasteiger partial charge in [0.2, 0.25) is 11.9 Å². The van der Waals surface area contributed by atoms with Crippen LogP contribution in [0.3, 0.4) is 0 Å². The molecule has 0 radical (unpaired) electrons. The number of aromatic amines is 1. The third-order valence-electron chi connectivity index (χ3n) is 5.31. The second-order valence-electron chi connectivity index (χ2n) is 6.82. The molecule has 2 N–H and O–H groups in total. The maximum absolute atomic E-state index is 12.6. The summed E-state index contributed by atoms with van der Waals surface area (Å²) >= 11 is 0. The number of amides is 1. The molecule has 24 heavy (non-hydrogen) atoms. The van der Waals surface area contributed by atoms with E-state index in [9.17, 15) is 4.79 Å². The lowest BCUT2D eigenvalue weighted by Gasteiger charge is -2.38. The average molecular weight is 329 g/mol. The summed E-state index contributed by atoms with van der Waals surface area (Å²) in [5.41, 5.74) is -0.223. The van der Waals surface area contributed by atoms with Gasteiger partial charge in [0.15, 0.2) is 0 Å². The van der Waals surface area contributed by atoms with E-state index in [0.29, 0.717) is 31.5 Å². The zero-order valence-corrected chi connectivity index (χ0v) is 13.7. The Balaban J connectivity index is 1.44. The SMILES string of the molecule is O=C(CC1(n2cccc2)CCOCC1)Nc1n[nH]c(C2CCC2)n1. The van der Waals surface area contributed by atoms with E-state index < -0.39 is 0 Å². The summed E-state index contributed by atoms with van der Waals surface area (Å²) in [7, 11) is 0. The Morgan fingerprint density at radius 1 is 1.33 bits per heavy atom. The van der Waals surface area contributed by atoms with Gasteiger partial charge in [0.1, 0.15) is 5.82 Å². The third-order valence-corrected chi connectivity index (χ3v) is 5.31. The number of H-pyrrole nitrogens is 1. The topological polar surface area (TPSA) is 84.8 Å². The Bertz CT molecular complexity index is 684. The monoisotopic (exact) mass is 329 g/mol. The second-order valence-corrected chi connectivity index (χ2v) is 6.82. The van der Waals surface area contributed by atoms with Gasteiger partial charge in [-0.05, 0) is 37.8 Å². The van der Waals surface area contributed by atoms with Crippen LogP contribution in [0, 0.1) is 0 Å². The normalized spacial score (nSPS) is 20.5. The molecular formula is C17H23N5O2. The van der Waals surface area contributed by atoms with Gasteiger partial charge in [0.25, 0.3) is 0 Å². The maximum Gasteiger partial charge on any atom is 0.248 e. The van der Waals surface area contributed by atoms with Crippen molar-refractivity contribution >= 4 is 11.9 Å². The molecule has 0 unspecified atom stereocenters. The quantitative estimate of drug-likeness (QED) is 0.882. The van der Waals surface area contributed by atoms with Crippen molar-refractivity contribution in [3.63, 3.8) is 0 Å². The van der Waals surface area contributed by atoms with E-state index in [-0.39, 0.29) is 11.4 Å². The Kier molecular flexibility index (Phi) is 4.10. The molecule has 1 saturated heterocycles. The number of hydrogen-bond donors (Lipinski definition) is 2. The highest BCUT2D eigenvalue weighted by Gasteiger charge is 2.36. The van der Waals surface area contributed by atoms with Crippen LogP contribution in [0.1, 0.15) is 50.3 Å². The van der Waals surface area contributed by atoms with E-state index in [2.05, 4.69) is 25.1 Å². The highest BCUT2D eigenvalue weighted by Crippen LogP contribution is 2.35. The molecule has 0 aromatic carbocycles. The minimum atomic E-state index is -0.223. The van der Waals surface area contributed by atoms with E-state index >= 15 is 0 Å². The fourth-order valence-corrected chi connectivity index (χ4v) is 3.59. The predicted octanol–water partition coefficient (Wildman–Crippen LogP) is 2.41. The number of rotatable bonds is 5. The number of carbonyl (C=O) groups is 1. The zero-order chi connectivity index (χ0) is 16.4. The van der Waals surface area contributed by atoms with Crippen molar-refractivity contribution in [1.82, 2.24) is 19.7 Å². The highest BCUT2D eigenvalue weighted by atomic mass is 16.5. The van der Waals surface area contributed by atoms with Crippen molar-refractivity contribution in [2.45, 2.75) is 50.0 Å². The van der Waals surface area contributed by atoms with Crippen LogP contribution in [-0.4, -0.2) is 38.9 Å². The molecule has 4 rings (SSSR count). The van der Waals surface area contributed by atoms with E-state index in [1.807, 2.05) is 24.5 Å². The number of nitrogens with zero attached hydrogens (tertiary/aromatic N) is 3. The molecule has 0 spiro atoms. The molecule has 128 valence electrons. The van der Waals surface area contributed by atoms with Gasteiger partial charge in [-0.3, -0.25) is 15.2 Å². The van der Waals surface area contributed by atoms with Crippen molar-refractivity contribution < 1.29 is 9.53 Å². The molecule has 1 amide bonds. The molecule has 1 saturated carbocycles. The Labute approximate surface area is 140 Å². The van der Waals surface area contributed by atoms with Gasteiger partial charge in [-0.1, -0.05) is 6.42 Å². The van der Waals surface area contributed by atoms with Gasteiger partial charge in [-0.25, -0.2) is 0 Å². The molecule has 0 bridgehead atoms. The first-order chi connectivity index (χ1) is 11.8. The van der Waals surface area contributed by atoms with Crippen molar-refractivity contribution in [1.29, 1.82) is 0 Å². The molecule has 2 aromatic heterocycles. The van der Waals surface area contributed by atoms with Crippen LogP contribution >= 0.6 is 0 Å². The summed E-state index contributed by atoms with van der Waals surface area (Å²) in [6, 6.07) is 3.99. The second kappa shape index (κ2) is 6.39. The van der Waals surface area contributed by atoms with Gasteiger partial charge >= 0.3 is 0 Å². The summed E-state index contributed by atoms with van der Waals surface area (Å²) in [4.78, 5) is 17.0. The van der Waals surface area contributed by atoms with Crippen LogP contribution in [0.5, 0.6) is 0 Å². The number of hydrogen-bond acceptors (Lipinski definition) is 4. The number of anilines is 1. The molecule has 3 heterocycles. The first-order valence-corrected chi connectivity index (χ1v) is 8.69. The van der Waals surface area contributed by atoms with Crippen LogP contribution in [-0.2, 0) is 15.1 Å². The fourth-order valence-electron chi connectivity index (χ4n) is 3.59. The lowest BCUT2D eigenvalue weighted by molar-refractivity contribution is -0.119. The first kappa shape index (κ1) is 15.4. The molecule has 0 atom stereocenters. The summed E-state index contributed by atoms with van der Waals surface area (Å²) in [6.07, 6.45) is 9.67. The molecule has 1 aliphatic heterocycles. The number of nitrogens with one attached hydrogen (secondary N) is 2. The molecular weight excluding hydrogens is 306 g/mol. The highest BCUT2D eigenvalue weighted by molar-refractivity contribution is 5.89. The third kappa shape index (κ3) is 2.96. The molecule has 7 nitrogen and oxygen atoms in total. The van der Waals surface area contributed by atoms with Crippen LogP contribution in [0.15, 0.2) is 24.5 Å². The lowest BCUT2D eigenvalue weighted by Crippen LogP contribution is -2.42. The van der Waals surface area contributed by atoms with Gasteiger partial charge in [-0.15, -0.1) is 5.10 Å². The van der Waals surface area contributed by atoms with E-state index in [1.54, 1.807) is 0 Å². The molecule has 1 aliphatic carbocycles. The molecule has 7 heteroatoms. The van der Waals surface area contributed by atoms with Crippen molar-refractivity contribution in [3.8, 4) is 0 Å². The molecule has 2 aromatic rings. The summed E-state index contributed by atoms with van der Waals surface area (Å²) < 4.78 is 7.64. The van der Waals surface area contributed by atoms with Crippen molar-refractivity contribution in [2.75, 3.05) is 18.5 Å². The first-order valence-electron chi connectivity index (χ1n) is 8.69. The predicted molar refractivity (Wildman–Crippen MR) is 88.7 cm³/mol. The van der Waals surface area contributed by atoms with Crippen LogP contribution in [0.2, 0.25) is 0 Å². The Hall–Kier alpha value is -2.15. The number of aromatic nitrogens is 4. The standard InChI is InChI=1S/C17H23N5O2/c23-14(18-16-19-15(20-21-16)13-4-3-5-13)12-17(6-10-24-11-7-17)22-8-1-2-9-22/h1-2,8-9,13H,3-7,10-12H2,(H2,18,19,20,21,23).